The minimum atomic E-state index is 0.0462. The highest BCUT2D eigenvalue weighted by Crippen LogP contribution is 2.31. The topological polar surface area (TPSA) is 26.3 Å². The number of hydrogen-bond donors (Lipinski definition) is 0. The smallest absolute Gasteiger partial charge is 0.306 e. The van der Waals surface area contributed by atoms with Gasteiger partial charge in [0.05, 0.1) is 6.42 Å². The normalized spacial score (nSPS) is 33.4. The van der Waals surface area contributed by atoms with Crippen LogP contribution in [0.2, 0.25) is 0 Å². The monoisotopic (exact) mass is 224 g/mol. The van der Waals surface area contributed by atoms with E-state index in [0.29, 0.717) is 12.3 Å². The third-order valence-corrected chi connectivity index (χ3v) is 4.05. The second-order valence-corrected chi connectivity index (χ2v) is 5.40. The molecule has 2 unspecified atom stereocenters. The summed E-state index contributed by atoms with van der Waals surface area (Å²) in [6.07, 6.45) is 14.0. The van der Waals surface area contributed by atoms with Crippen LogP contribution >= 0.6 is 0 Å². The molecule has 0 aromatic rings. The SMILES string of the molecule is O=C1CC2CCCCCCCCCCC2O1. The van der Waals surface area contributed by atoms with Crippen molar-refractivity contribution in [3.05, 3.63) is 0 Å². The fourth-order valence-electron chi connectivity index (χ4n) is 3.05. The van der Waals surface area contributed by atoms with Crippen molar-refractivity contribution >= 4 is 5.97 Å². The summed E-state index contributed by atoms with van der Waals surface area (Å²) in [7, 11) is 0. The summed E-state index contributed by atoms with van der Waals surface area (Å²) in [5.74, 6) is 0.580. The number of esters is 1. The summed E-state index contributed by atoms with van der Waals surface area (Å²) < 4.78 is 5.43. The Labute approximate surface area is 98.7 Å². The fraction of sp³-hybridized carbons (Fsp3) is 0.929. The Bertz CT molecular complexity index is 203. The third kappa shape index (κ3) is 3.50. The molecule has 2 nitrogen and oxygen atoms in total. The zero-order chi connectivity index (χ0) is 11.2. The molecule has 1 saturated heterocycles. The lowest BCUT2D eigenvalue weighted by Gasteiger charge is -2.18. The molecule has 16 heavy (non-hydrogen) atoms. The minimum absolute atomic E-state index is 0.0462. The van der Waals surface area contributed by atoms with Crippen LogP contribution in [-0.2, 0) is 9.53 Å². The maximum Gasteiger partial charge on any atom is 0.306 e. The number of carbonyl (C=O) groups excluding carboxylic acids is 1. The van der Waals surface area contributed by atoms with Crippen molar-refractivity contribution in [2.24, 2.45) is 5.92 Å². The fourth-order valence-corrected chi connectivity index (χ4v) is 3.05. The summed E-state index contributed by atoms with van der Waals surface area (Å²) in [6, 6.07) is 0. The second kappa shape index (κ2) is 6.27. The average Bonchev–Trinajstić information content (AvgIpc) is 2.59. The van der Waals surface area contributed by atoms with Crippen molar-refractivity contribution < 1.29 is 9.53 Å². The Balaban J connectivity index is 1.83. The van der Waals surface area contributed by atoms with E-state index < -0.39 is 0 Å². The van der Waals surface area contributed by atoms with Gasteiger partial charge in [0.25, 0.3) is 0 Å². The van der Waals surface area contributed by atoms with E-state index >= 15 is 0 Å². The molecule has 0 N–H and O–H groups in total. The lowest BCUT2D eigenvalue weighted by atomic mass is 9.90. The molecule has 1 aliphatic heterocycles. The molecule has 0 spiro atoms. The summed E-state index contributed by atoms with van der Waals surface area (Å²) in [5, 5.41) is 0. The number of rotatable bonds is 0. The summed E-state index contributed by atoms with van der Waals surface area (Å²) in [4.78, 5) is 11.3. The molecule has 2 aliphatic rings. The van der Waals surface area contributed by atoms with Crippen LogP contribution in [0.1, 0.15) is 70.6 Å². The Hall–Kier alpha value is -0.530. The first-order valence-corrected chi connectivity index (χ1v) is 7.06. The van der Waals surface area contributed by atoms with Crippen molar-refractivity contribution in [2.45, 2.75) is 76.7 Å². The lowest BCUT2D eigenvalue weighted by Crippen LogP contribution is -2.16. The molecule has 0 bridgehead atoms. The van der Waals surface area contributed by atoms with Gasteiger partial charge in [-0.1, -0.05) is 44.9 Å². The number of carbonyl (C=O) groups is 1. The van der Waals surface area contributed by atoms with Crippen LogP contribution in [0.3, 0.4) is 0 Å². The molecular formula is C14H24O2. The molecule has 0 amide bonds. The number of ether oxygens (including phenoxy) is 1. The molecule has 0 aromatic heterocycles. The highest BCUT2D eigenvalue weighted by molar-refractivity contribution is 5.72. The first-order valence-electron chi connectivity index (χ1n) is 7.06. The van der Waals surface area contributed by atoms with Crippen molar-refractivity contribution in [3.63, 3.8) is 0 Å². The Morgan fingerprint density at radius 1 is 0.812 bits per heavy atom. The van der Waals surface area contributed by atoms with E-state index in [9.17, 15) is 4.79 Å². The highest BCUT2D eigenvalue weighted by Gasteiger charge is 2.33. The zero-order valence-corrected chi connectivity index (χ0v) is 10.2. The van der Waals surface area contributed by atoms with Crippen LogP contribution in [0.4, 0.5) is 0 Å². The molecule has 2 rings (SSSR count). The van der Waals surface area contributed by atoms with Gasteiger partial charge in [0, 0.05) is 5.92 Å². The van der Waals surface area contributed by atoms with Gasteiger partial charge in [-0.15, -0.1) is 0 Å². The van der Waals surface area contributed by atoms with Gasteiger partial charge >= 0.3 is 5.97 Å². The van der Waals surface area contributed by atoms with E-state index in [1.54, 1.807) is 0 Å². The Kier molecular flexibility index (Phi) is 4.68. The molecule has 0 aromatic carbocycles. The molecule has 0 radical (unpaired) electrons. The van der Waals surface area contributed by atoms with Gasteiger partial charge in [-0.05, 0) is 19.3 Å². The summed E-state index contributed by atoms with van der Waals surface area (Å²) in [5.41, 5.74) is 0. The first kappa shape index (κ1) is 11.9. The predicted molar refractivity (Wildman–Crippen MR) is 64.2 cm³/mol. The van der Waals surface area contributed by atoms with Gasteiger partial charge in [0.1, 0.15) is 6.10 Å². The maximum atomic E-state index is 11.3. The van der Waals surface area contributed by atoms with Crippen molar-refractivity contribution in [3.8, 4) is 0 Å². The number of fused-ring (bicyclic) bond motifs is 1. The molecule has 2 atom stereocenters. The van der Waals surface area contributed by atoms with Crippen molar-refractivity contribution in [1.29, 1.82) is 0 Å². The number of hydrogen-bond acceptors (Lipinski definition) is 2. The Morgan fingerprint density at radius 3 is 2.06 bits per heavy atom. The maximum absolute atomic E-state index is 11.3. The van der Waals surface area contributed by atoms with Gasteiger partial charge in [-0.2, -0.15) is 0 Å². The summed E-state index contributed by atoms with van der Waals surface area (Å²) in [6.45, 7) is 0. The predicted octanol–water partition coefficient (Wildman–Crippen LogP) is 3.83. The zero-order valence-electron chi connectivity index (χ0n) is 10.2. The molecule has 92 valence electrons. The highest BCUT2D eigenvalue weighted by atomic mass is 16.5. The average molecular weight is 224 g/mol. The second-order valence-electron chi connectivity index (χ2n) is 5.40. The van der Waals surface area contributed by atoms with Crippen molar-refractivity contribution in [2.75, 3.05) is 0 Å². The Morgan fingerprint density at radius 2 is 1.38 bits per heavy atom. The van der Waals surface area contributed by atoms with Crippen LogP contribution in [0.5, 0.6) is 0 Å². The van der Waals surface area contributed by atoms with Crippen LogP contribution in [-0.4, -0.2) is 12.1 Å². The van der Waals surface area contributed by atoms with Crippen molar-refractivity contribution in [1.82, 2.24) is 0 Å². The van der Waals surface area contributed by atoms with E-state index in [0.717, 1.165) is 6.42 Å². The van der Waals surface area contributed by atoms with E-state index in [4.69, 9.17) is 4.74 Å². The summed E-state index contributed by atoms with van der Waals surface area (Å²) >= 11 is 0. The molecule has 1 aliphatic carbocycles. The van der Waals surface area contributed by atoms with Gasteiger partial charge < -0.3 is 4.74 Å². The molecule has 2 heteroatoms. The van der Waals surface area contributed by atoms with E-state index in [1.807, 2.05) is 0 Å². The quantitative estimate of drug-likeness (QED) is 0.584. The standard InChI is InChI=1S/C14H24O2/c15-14-11-12-9-7-5-3-1-2-4-6-8-10-13(12)16-14/h12-13H,1-11H2. The van der Waals surface area contributed by atoms with E-state index in [1.165, 1.54) is 57.8 Å². The van der Waals surface area contributed by atoms with Crippen LogP contribution < -0.4 is 0 Å². The third-order valence-electron chi connectivity index (χ3n) is 4.05. The van der Waals surface area contributed by atoms with E-state index in [2.05, 4.69) is 0 Å². The molecular weight excluding hydrogens is 200 g/mol. The molecule has 1 saturated carbocycles. The van der Waals surface area contributed by atoms with Crippen LogP contribution in [0.15, 0.2) is 0 Å². The van der Waals surface area contributed by atoms with Crippen LogP contribution in [0.25, 0.3) is 0 Å². The lowest BCUT2D eigenvalue weighted by molar-refractivity contribution is -0.141. The first-order chi connectivity index (χ1) is 7.86. The van der Waals surface area contributed by atoms with E-state index in [-0.39, 0.29) is 12.1 Å². The van der Waals surface area contributed by atoms with Crippen LogP contribution in [0, 0.1) is 5.92 Å². The molecule has 2 fully saturated rings. The van der Waals surface area contributed by atoms with Gasteiger partial charge in [-0.3, -0.25) is 4.79 Å². The molecule has 1 heterocycles. The van der Waals surface area contributed by atoms with Gasteiger partial charge in [0.15, 0.2) is 0 Å². The largest absolute Gasteiger partial charge is 0.462 e. The minimum Gasteiger partial charge on any atom is -0.462 e. The van der Waals surface area contributed by atoms with Gasteiger partial charge in [0.2, 0.25) is 0 Å². The van der Waals surface area contributed by atoms with Gasteiger partial charge in [-0.25, -0.2) is 0 Å².